The standard InChI is InChI=1S/C10H14BrN3/c1-2-10(4-3-5-10)14-9-12-6-8(11)7-13-9/h6-7H,2-5H2,1H3,(H,12,13,14). The molecule has 1 aromatic rings. The van der Waals surface area contributed by atoms with E-state index in [1.165, 1.54) is 19.3 Å². The highest BCUT2D eigenvalue weighted by molar-refractivity contribution is 9.10. The van der Waals surface area contributed by atoms with Crippen molar-refractivity contribution in [2.75, 3.05) is 5.32 Å². The van der Waals surface area contributed by atoms with Crippen molar-refractivity contribution >= 4 is 21.9 Å². The van der Waals surface area contributed by atoms with Gasteiger partial charge in [0.15, 0.2) is 0 Å². The van der Waals surface area contributed by atoms with E-state index in [1.807, 2.05) is 0 Å². The molecular formula is C10H14BrN3. The average molecular weight is 256 g/mol. The first-order valence-electron chi connectivity index (χ1n) is 5.00. The van der Waals surface area contributed by atoms with E-state index >= 15 is 0 Å². The topological polar surface area (TPSA) is 37.8 Å². The second-order valence-corrected chi connectivity index (χ2v) is 4.75. The van der Waals surface area contributed by atoms with E-state index in [2.05, 4.69) is 38.1 Å². The van der Waals surface area contributed by atoms with E-state index < -0.39 is 0 Å². The number of rotatable bonds is 3. The molecule has 3 nitrogen and oxygen atoms in total. The molecule has 1 aliphatic carbocycles. The minimum absolute atomic E-state index is 0.272. The molecule has 0 bridgehead atoms. The van der Waals surface area contributed by atoms with E-state index in [4.69, 9.17) is 0 Å². The lowest BCUT2D eigenvalue weighted by Crippen LogP contribution is -2.44. The first-order chi connectivity index (χ1) is 6.74. The molecule has 0 unspecified atom stereocenters. The Bertz CT molecular complexity index is 300. The Labute approximate surface area is 92.5 Å². The van der Waals surface area contributed by atoms with Crippen LogP contribution < -0.4 is 5.32 Å². The van der Waals surface area contributed by atoms with Crippen LogP contribution in [-0.2, 0) is 0 Å². The Morgan fingerprint density at radius 2 is 2.07 bits per heavy atom. The predicted molar refractivity (Wildman–Crippen MR) is 60.2 cm³/mol. The molecule has 1 aliphatic rings. The van der Waals surface area contributed by atoms with Gasteiger partial charge in [-0.3, -0.25) is 0 Å². The van der Waals surface area contributed by atoms with Gasteiger partial charge in [-0.25, -0.2) is 9.97 Å². The zero-order chi connectivity index (χ0) is 10.0. The van der Waals surface area contributed by atoms with Gasteiger partial charge < -0.3 is 5.32 Å². The number of nitrogens with one attached hydrogen (secondary N) is 1. The van der Waals surface area contributed by atoms with Gasteiger partial charge in [-0.05, 0) is 41.6 Å². The molecule has 0 saturated heterocycles. The summed E-state index contributed by atoms with van der Waals surface area (Å²) < 4.78 is 0.919. The van der Waals surface area contributed by atoms with Crippen molar-refractivity contribution in [3.8, 4) is 0 Å². The Morgan fingerprint density at radius 3 is 2.50 bits per heavy atom. The van der Waals surface area contributed by atoms with E-state index in [0.717, 1.165) is 16.8 Å². The second-order valence-electron chi connectivity index (χ2n) is 3.84. The lowest BCUT2D eigenvalue weighted by molar-refractivity contribution is 0.268. The molecule has 1 fully saturated rings. The summed E-state index contributed by atoms with van der Waals surface area (Å²) in [4.78, 5) is 8.45. The number of anilines is 1. The van der Waals surface area contributed by atoms with Gasteiger partial charge >= 0.3 is 0 Å². The Balaban J connectivity index is 2.06. The summed E-state index contributed by atoms with van der Waals surface area (Å²) in [5.41, 5.74) is 0.272. The largest absolute Gasteiger partial charge is 0.349 e. The molecule has 4 heteroatoms. The molecule has 0 aliphatic heterocycles. The molecule has 1 heterocycles. The normalized spacial score (nSPS) is 18.7. The molecule has 1 N–H and O–H groups in total. The van der Waals surface area contributed by atoms with Crippen molar-refractivity contribution in [2.45, 2.75) is 38.1 Å². The fourth-order valence-electron chi connectivity index (χ4n) is 1.78. The molecule has 1 saturated carbocycles. The van der Waals surface area contributed by atoms with Crippen molar-refractivity contribution in [3.63, 3.8) is 0 Å². The number of aromatic nitrogens is 2. The van der Waals surface area contributed by atoms with Gasteiger partial charge in [0.2, 0.25) is 5.95 Å². The fourth-order valence-corrected chi connectivity index (χ4v) is 1.99. The molecule has 0 atom stereocenters. The Kier molecular flexibility index (Phi) is 2.72. The Hall–Kier alpha value is -0.640. The van der Waals surface area contributed by atoms with Gasteiger partial charge in [-0.15, -0.1) is 0 Å². The monoisotopic (exact) mass is 255 g/mol. The molecule has 14 heavy (non-hydrogen) atoms. The van der Waals surface area contributed by atoms with Crippen molar-refractivity contribution in [1.29, 1.82) is 0 Å². The quantitative estimate of drug-likeness (QED) is 0.903. The van der Waals surface area contributed by atoms with Crippen LogP contribution in [0.4, 0.5) is 5.95 Å². The third kappa shape index (κ3) is 1.90. The minimum Gasteiger partial charge on any atom is -0.349 e. The van der Waals surface area contributed by atoms with Crippen LogP contribution in [-0.4, -0.2) is 15.5 Å². The molecule has 0 amide bonds. The maximum Gasteiger partial charge on any atom is 0.223 e. The SMILES string of the molecule is CCC1(Nc2ncc(Br)cn2)CCC1. The number of halogens is 1. The summed E-state index contributed by atoms with van der Waals surface area (Å²) >= 11 is 3.32. The highest BCUT2D eigenvalue weighted by atomic mass is 79.9. The van der Waals surface area contributed by atoms with Gasteiger partial charge in [0, 0.05) is 17.9 Å². The molecule has 2 rings (SSSR count). The third-order valence-corrected chi connectivity index (χ3v) is 3.39. The van der Waals surface area contributed by atoms with Gasteiger partial charge in [-0.2, -0.15) is 0 Å². The minimum atomic E-state index is 0.272. The average Bonchev–Trinajstić information content (AvgIpc) is 2.15. The van der Waals surface area contributed by atoms with E-state index in [-0.39, 0.29) is 5.54 Å². The van der Waals surface area contributed by atoms with Crippen LogP contribution >= 0.6 is 15.9 Å². The first kappa shape index (κ1) is 9.90. The van der Waals surface area contributed by atoms with Crippen LogP contribution in [0, 0.1) is 0 Å². The van der Waals surface area contributed by atoms with Crippen LogP contribution in [0.25, 0.3) is 0 Å². The van der Waals surface area contributed by atoms with E-state index in [0.29, 0.717) is 0 Å². The second kappa shape index (κ2) is 3.85. The molecule has 0 radical (unpaired) electrons. The fraction of sp³-hybridized carbons (Fsp3) is 0.600. The molecule has 0 aromatic carbocycles. The zero-order valence-electron chi connectivity index (χ0n) is 8.26. The third-order valence-electron chi connectivity index (χ3n) is 2.98. The maximum atomic E-state index is 4.22. The molecule has 0 spiro atoms. The lowest BCUT2D eigenvalue weighted by Gasteiger charge is -2.41. The van der Waals surface area contributed by atoms with Crippen LogP contribution in [0.15, 0.2) is 16.9 Å². The van der Waals surface area contributed by atoms with Crippen LogP contribution in [0.5, 0.6) is 0 Å². The van der Waals surface area contributed by atoms with Crippen molar-refractivity contribution in [2.24, 2.45) is 0 Å². The summed E-state index contributed by atoms with van der Waals surface area (Å²) in [6.45, 7) is 2.21. The Morgan fingerprint density at radius 1 is 1.43 bits per heavy atom. The van der Waals surface area contributed by atoms with Crippen LogP contribution in [0.3, 0.4) is 0 Å². The summed E-state index contributed by atoms with van der Waals surface area (Å²) in [7, 11) is 0. The highest BCUT2D eigenvalue weighted by Crippen LogP contribution is 2.37. The first-order valence-corrected chi connectivity index (χ1v) is 5.79. The van der Waals surface area contributed by atoms with Crippen molar-refractivity contribution < 1.29 is 0 Å². The molecule has 76 valence electrons. The van der Waals surface area contributed by atoms with Crippen molar-refractivity contribution in [1.82, 2.24) is 9.97 Å². The smallest absolute Gasteiger partial charge is 0.223 e. The van der Waals surface area contributed by atoms with Crippen LogP contribution in [0.1, 0.15) is 32.6 Å². The van der Waals surface area contributed by atoms with Crippen LogP contribution in [0.2, 0.25) is 0 Å². The number of nitrogens with zero attached hydrogens (tertiary/aromatic N) is 2. The van der Waals surface area contributed by atoms with Gasteiger partial charge in [-0.1, -0.05) is 6.92 Å². The molecular weight excluding hydrogens is 242 g/mol. The zero-order valence-corrected chi connectivity index (χ0v) is 9.84. The number of hydrogen-bond donors (Lipinski definition) is 1. The maximum absolute atomic E-state index is 4.22. The molecule has 1 aromatic heterocycles. The summed E-state index contributed by atoms with van der Waals surface area (Å²) in [6.07, 6.45) is 8.49. The van der Waals surface area contributed by atoms with E-state index in [1.54, 1.807) is 12.4 Å². The summed E-state index contributed by atoms with van der Waals surface area (Å²) in [5, 5.41) is 3.43. The highest BCUT2D eigenvalue weighted by Gasteiger charge is 2.35. The van der Waals surface area contributed by atoms with Gasteiger partial charge in [0.25, 0.3) is 0 Å². The van der Waals surface area contributed by atoms with Gasteiger partial charge in [0.05, 0.1) is 4.47 Å². The van der Waals surface area contributed by atoms with Crippen molar-refractivity contribution in [3.05, 3.63) is 16.9 Å². The van der Waals surface area contributed by atoms with E-state index in [9.17, 15) is 0 Å². The summed E-state index contributed by atoms with van der Waals surface area (Å²) in [6, 6.07) is 0. The summed E-state index contributed by atoms with van der Waals surface area (Å²) in [5.74, 6) is 0.745. The number of hydrogen-bond acceptors (Lipinski definition) is 3. The lowest BCUT2D eigenvalue weighted by atomic mass is 9.75. The predicted octanol–water partition coefficient (Wildman–Crippen LogP) is 2.98. The van der Waals surface area contributed by atoms with Gasteiger partial charge in [0.1, 0.15) is 0 Å².